The van der Waals surface area contributed by atoms with E-state index in [0.29, 0.717) is 0 Å². The molecule has 2 rings (SSSR count). The molecule has 0 saturated heterocycles. The Labute approximate surface area is 131 Å². The third-order valence-electron chi connectivity index (χ3n) is 3.85. The smallest absolute Gasteiger partial charge is 0.331 e. The van der Waals surface area contributed by atoms with E-state index in [4.69, 9.17) is 4.74 Å². The van der Waals surface area contributed by atoms with Gasteiger partial charge in [0.25, 0.3) is 5.91 Å². The molecule has 0 radical (unpaired) electrons. The summed E-state index contributed by atoms with van der Waals surface area (Å²) < 4.78 is 5.13. The largest absolute Gasteiger partial charge is 0.449 e. The molecule has 1 aliphatic rings. The second kappa shape index (κ2) is 7.78. The minimum atomic E-state index is -0.768. The summed E-state index contributed by atoms with van der Waals surface area (Å²) in [5.41, 5.74) is 2.09. The quantitative estimate of drug-likeness (QED) is 0.672. The monoisotopic (exact) mass is 301 g/mol. The van der Waals surface area contributed by atoms with Crippen LogP contribution in [0, 0.1) is 6.92 Å². The standard InChI is InChI=1S/C18H23NO3/c1-13-7-9-15(10-8-13)11-12-17(20)22-14(2)18(21)19-16-5-3-4-6-16/h7-12,14,16H,3-6H2,1-2H3,(H,19,21)/b12-11+. The molecule has 1 fully saturated rings. The van der Waals surface area contributed by atoms with Crippen LogP contribution in [-0.2, 0) is 14.3 Å². The third kappa shape index (κ3) is 5.02. The van der Waals surface area contributed by atoms with Gasteiger partial charge in [0.1, 0.15) is 0 Å². The SMILES string of the molecule is Cc1ccc(/C=C/C(=O)OC(C)C(=O)NC2CCCC2)cc1. The van der Waals surface area contributed by atoms with Gasteiger partial charge in [0, 0.05) is 12.1 Å². The maximum atomic E-state index is 11.9. The van der Waals surface area contributed by atoms with Gasteiger partial charge in [-0.25, -0.2) is 4.79 Å². The number of aryl methyl sites for hydroxylation is 1. The number of carbonyl (C=O) groups excluding carboxylic acids is 2. The van der Waals surface area contributed by atoms with Crippen LogP contribution >= 0.6 is 0 Å². The molecular weight excluding hydrogens is 278 g/mol. The van der Waals surface area contributed by atoms with E-state index >= 15 is 0 Å². The van der Waals surface area contributed by atoms with Crippen LogP contribution in [0.5, 0.6) is 0 Å². The fourth-order valence-corrected chi connectivity index (χ4v) is 2.50. The van der Waals surface area contributed by atoms with Gasteiger partial charge in [0.15, 0.2) is 6.10 Å². The Hall–Kier alpha value is -2.10. The maximum Gasteiger partial charge on any atom is 0.331 e. The van der Waals surface area contributed by atoms with Crippen molar-refractivity contribution in [3.8, 4) is 0 Å². The van der Waals surface area contributed by atoms with Gasteiger partial charge in [0.2, 0.25) is 0 Å². The molecule has 1 N–H and O–H groups in total. The molecule has 1 aromatic rings. The highest BCUT2D eigenvalue weighted by Crippen LogP contribution is 2.17. The van der Waals surface area contributed by atoms with Gasteiger partial charge in [-0.2, -0.15) is 0 Å². The molecule has 1 saturated carbocycles. The van der Waals surface area contributed by atoms with E-state index in [-0.39, 0.29) is 11.9 Å². The summed E-state index contributed by atoms with van der Waals surface area (Å²) in [5.74, 6) is -0.723. The second-order valence-corrected chi connectivity index (χ2v) is 5.81. The van der Waals surface area contributed by atoms with Gasteiger partial charge in [-0.1, -0.05) is 42.7 Å². The summed E-state index contributed by atoms with van der Waals surface area (Å²) in [6, 6.07) is 8.03. The summed E-state index contributed by atoms with van der Waals surface area (Å²) >= 11 is 0. The zero-order chi connectivity index (χ0) is 15.9. The lowest BCUT2D eigenvalue weighted by Gasteiger charge is -2.16. The number of carbonyl (C=O) groups is 2. The van der Waals surface area contributed by atoms with Gasteiger partial charge < -0.3 is 10.1 Å². The summed E-state index contributed by atoms with van der Waals surface area (Å²) in [6.07, 6.45) is 6.60. The summed E-state index contributed by atoms with van der Waals surface area (Å²) in [7, 11) is 0. The second-order valence-electron chi connectivity index (χ2n) is 5.81. The van der Waals surface area contributed by atoms with E-state index in [0.717, 1.165) is 36.8 Å². The predicted molar refractivity (Wildman–Crippen MR) is 86.2 cm³/mol. The number of hydrogen-bond acceptors (Lipinski definition) is 3. The van der Waals surface area contributed by atoms with E-state index in [1.54, 1.807) is 13.0 Å². The average Bonchev–Trinajstić information content (AvgIpc) is 2.99. The van der Waals surface area contributed by atoms with E-state index < -0.39 is 12.1 Å². The van der Waals surface area contributed by atoms with Crippen LogP contribution in [0.3, 0.4) is 0 Å². The molecule has 4 heteroatoms. The van der Waals surface area contributed by atoms with Gasteiger partial charge >= 0.3 is 5.97 Å². The first kappa shape index (κ1) is 16.3. The Balaban J connectivity index is 1.79. The topological polar surface area (TPSA) is 55.4 Å². The van der Waals surface area contributed by atoms with Crippen molar-refractivity contribution in [2.45, 2.75) is 51.7 Å². The van der Waals surface area contributed by atoms with Gasteiger partial charge in [-0.15, -0.1) is 0 Å². The highest BCUT2D eigenvalue weighted by atomic mass is 16.5. The number of benzene rings is 1. The van der Waals surface area contributed by atoms with Crippen molar-refractivity contribution in [3.63, 3.8) is 0 Å². The first-order chi connectivity index (χ1) is 10.5. The maximum absolute atomic E-state index is 11.9. The third-order valence-corrected chi connectivity index (χ3v) is 3.85. The zero-order valence-electron chi connectivity index (χ0n) is 13.2. The van der Waals surface area contributed by atoms with Crippen molar-refractivity contribution in [2.75, 3.05) is 0 Å². The fraction of sp³-hybridized carbons (Fsp3) is 0.444. The number of nitrogens with one attached hydrogen (secondary N) is 1. The van der Waals surface area contributed by atoms with Crippen molar-refractivity contribution in [1.29, 1.82) is 0 Å². The van der Waals surface area contributed by atoms with E-state index in [1.165, 1.54) is 6.08 Å². The number of ether oxygens (including phenoxy) is 1. The Morgan fingerprint density at radius 1 is 1.23 bits per heavy atom. The summed E-state index contributed by atoms with van der Waals surface area (Å²) in [6.45, 7) is 3.61. The number of hydrogen-bond donors (Lipinski definition) is 1. The van der Waals surface area contributed by atoms with Crippen LogP contribution in [0.1, 0.15) is 43.7 Å². The van der Waals surface area contributed by atoms with Crippen molar-refractivity contribution in [1.82, 2.24) is 5.32 Å². The molecule has 0 aliphatic heterocycles. The molecule has 4 nitrogen and oxygen atoms in total. The van der Waals surface area contributed by atoms with Crippen molar-refractivity contribution in [3.05, 3.63) is 41.5 Å². The zero-order valence-corrected chi connectivity index (χ0v) is 13.2. The molecule has 0 heterocycles. The molecule has 0 spiro atoms. The number of amides is 1. The highest BCUT2D eigenvalue weighted by molar-refractivity contribution is 5.90. The highest BCUT2D eigenvalue weighted by Gasteiger charge is 2.22. The van der Waals surface area contributed by atoms with E-state index in [9.17, 15) is 9.59 Å². The molecular formula is C18H23NO3. The fourth-order valence-electron chi connectivity index (χ4n) is 2.50. The average molecular weight is 301 g/mol. The normalized spacial score (nSPS) is 16.6. The minimum absolute atomic E-state index is 0.219. The van der Waals surface area contributed by atoms with Crippen LogP contribution in [0.25, 0.3) is 6.08 Å². The first-order valence-electron chi connectivity index (χ1n) is 7.80. The Kier molecular flexibility index (Phi) is 5.75. The number of rotatable bonds is 5. The Morgan fingerprint density at radius 2 is 1.86 bits per heavy atom. The Morgan fingerprint density at radius 3 is 2.50 bits per heavy atom. The lowest BCUT2D eigenvalue weighted by atomic mass is 10.1. The molecule has 1 aromatic carbocycles. The lowest BCUT2D eigenvalue weighted by molar-refractivity contribution is -0.150. The van der Waals surface area contributed by atoms with E-state index in [2.05, 4.69) is 5.32 Å². The van der Waals surface area contributed by atoms with E-state index in [1.807, 2.05) is 31.2 Å². The molecule has 0 aromatic heterocycles. The van der Waals surface area contributed by atoms with Gasteiger partial charge in [-0.3, -0.25) is 4.79 Å². The van der Waals surface area contributed by atoms with Gasteiger partial charge in [-0.05, 0) is 38.3 Å². The molecule has 1 amide bonds. The molecule has 118 valence electrons. The lowest BCUT2D eigenvalue weighted by Crippen LogP contribution is -2.40. The molecule has 1 atom stereocenters. The van der Waals surface area contributed by atoms with Crippen molar-refractivity contribution in [2.24, 2.45) is 0 Å². The molecule has 1 unspecified atom stereocenters. The number of esters is 1. The Bertz CT molecular complexity index is 542. The summed E-state index contributed by atoms with van der Waals surface area (Å²) in [4.78, 5) is 23.7. The van der Waals surface area contributed by atoms with Crippen LogP contribution in [-0.4, -0.2) is 24.0 Å². The summed E-state index contributed by atoms with van der Waals surface area (Å²) in [5, 5.41) is 2.92. The van der Waals surface area contributed by atoms with Crippen LogP contribution in [0.15, 0.2) is 30.3 Å². The molecule has 1 aliphatic carbocycles. The minimum Gasteiger partial charge on any atom is -0.449 e. The van der Waals surface area contributed by atoms with Crippen molar-refractivity contribution < 1.29 is 14.3 Å². The molecule has 0 bridgehead atoms. The molecule has 22 heavy (non-hydrogen) atoms. The van der Waals surface area contributed by atoms with Crippen LogP contribution in [0.2, 0.25) is 0 Å². The van der Waals surface area contributed by atoms with Crippen molar-refractivity contribution >= 4 is 18.0 Å². The van der Waals surface area contributed by atoms with Gasteiger partial charge in [0.05, 0.1) is 0 Å². The van der Waals surface area contributed by atoms with Crippen LogP contribution < -0.4 is 5.32 Å². The predicted octanol–water partition coefficient (Wildman–Crippen LogP) is 3.00. The first-order valence-corrected chi connectivity index (χ1v) is 7.80. The van der Waals surface area contributed by atoms with Crippen LogP contribution in [0.4, 0.5) is 0 Å².